The summed E-state index contributed by atoms with van der Waals surface area (Å²) in [5, 5.41) is 3.51. The number of amides is 3. The Morgan fingerprint density at radius 1 is 1.00 bits per heavy atom. The van der Waals surface area contributed by atoms with Crippen molar-refractivity contribution in [1.29, 1.82) is 0 Å². The molecule has 2 saturated heterocycles. The largest absolute Gasteiger partial charge is 0.358 e. The fourth-order valence-corrected chi connectivity index (χ4v) is 5.48. The Kier molecular flexibility index (Phi) is 6.21. The zero-order valence-corrected chi connectivity index (χ0v) is 20.1. The molecule has 1 atom stereocenters. The van der Waals surface area contributed by atoms with Crippen molar-refractivity contribution in [3.05, 3.63) is 52.5 Å². The van der Waals surface area contributed by atoms with E-state index in [1.807, 2.05) is 24.0 Å². The number of nitrogens with one attached hydrogen (secondary N) is 1. The summed E-state index contributed by atoms with van der Waals surface area (Å²) in [4.78, 5) is 45.2. The van der Waals surface area contributed by atoms with Crippen molar-refractivity contribution in [2.75, 3.05) is 41.3 Å². The van der Waals surface area contributed by atoms with E-state index in [9.17, 15) is 14.4 Å². The van der Waals surface area contributed by atoms with E-state index >= 15 is 0 Å². The molecule has 3 aliphatic rings. The van der Waals surface area contributed by atoms with Crippen LogP contribution in [0.2, 0.25) is 5.02 Å². The van der Waals surface area contributed by atoms with Gasteiger partial charge in [-0.05, 0) is 81.0 Å². The molecule has 0 aliphatic carbocycles. The van der Waals surface area contributed by atoms with Gasteiger partial charge >= 0.3 is 0 Å². The van der Waals surface area contributed by atoms with E-state index in [0.29, 0.717) is 22.0 Å². The first kappa shape index (κ1) is 22.7. The zero-order chi connectivity index (χ0) is 23.8. The predicted molar refractivity (Wildman–Crippen MR) is 134 cm³/mol. The van der Waals surface area contributed by atoms with Crippen LogP contribution in [0.15, 0.2) is 36.4 Å². The quantitative estimate of drug-likeness (QED) is 0.710. The lowest BCUT2D eigenvalue weighted by molar-refractivity contribution is -0.123. The Hall–Kier alpha value is -3.06. The lowest BCUT2D eigenvalue weighted by Gasteiger charge is -2.45. The number of aryl methyl sites for hydroxylation is 1. The predicted octanol–water partition coefficient (Wildman–Crippen LogP) is 4.23. The number of hydrogen-bond donors (Lipinski definition) is 1. The van der Waals surface area contributed by atoms with E-state index < -0.39 is 0 Å². The summed E-state index contributed by atoms with van der Waals surface area (Å²) in [6.07, 6.45) is 4.80. The third-order valence-corrected chi connectivity index (χ3v) is 7.27. The summed E-state index contributed by atoms with van der Waals surface area (Å²) in [5.41, 5.74) is 3.62. The van der Waals surface area contributed by atoms with Crippen LogP contribution in [0.3, 0.4) is 0 Å². The monoisotopic (exact) mass is 480 g/mol. The second-order valence-corrected chi connectivity index (χ2v) is 9.78. The molecule has 1 N–H and O–H groups in total. The van der Waals surface area contributed by atoms with Gasteiger partial charge in [-0.2, -0.15) is 0 Å². The lowest BCUT2D eigenvalue weighted by Crippen LogP contribution is -2.56. The van der Waals surface area contributed by atoms with Crippen LogP contribution < -0.4 is 15.1 Å². The summed E-state index contributed by atoms with van der Waals surface area (Å²) >= 11 is 6.04. The summed E-state index contributed by atoms with van der Waals surface area (Å²) in [6.45, 7) is 4.08. The molecule has 2 fully saturated rings. The standard InChI is InChI=1S/C26H29ClN4O3/c1-17-14-19(27)8-9-20(17)28-24(32)16-31-23-15-18(25(33)29-11-4-5-12-29)7-10-21(23)30-13-3-2-6-22(30)26(31)34/h7-10,14-15,22H,2-6,11-13,16H2,1H3,(H,28,32). The molecular formula is C26H29ClN4O3. The summed E-state index contributed by atoms with van der Waals surface area (Å²) in [5.74, 6) is -0.388. The van der Waals surface area contributed by atoms with Crippen molar-refractivity contribution in [3.8, 4) is 0 Å². The number of likely N-dealkylation sites (tertiary alicyclic amines) is 1. The number of carbonyl (C=O) groups excluding carboxylic acids is 3. The molecule has 178 valence electrons. The summed E-state index contributed by atoms with van der Waals surface area (Å²) in [6, 6.07) is 10.6. The highest BCUT2D eigenvalue weighted by Gasteiger charge is 2.40. The molecule has 34 heavy (non-hydrogen) atoms. The fraction of sp³-hybridized carbons (Fsp3) is 0.423. The average Bonchev–Trinajstić information content (AvgIpc) is 3.38. The van der Waals surface area contributed by atoms with Crippen LogP contribution in [0.25, 0.3) is 0 Å². The Morgan fingerprint density at radius 2 is 1.76 bits per heavy atom. The first-order valence-corrected chi connectivity index (χ1v) is 12.4. The van der Waals surface area contributed by atoms with Crippen molar-refractivity contribution >= 4 is 46.4 Å². The van der Waals surface area contributed by atoms with Crippen LogP contribution in [0.4, 0.5) is 17.1 Å². The number of hydrogen-bond acceptors (Lipinski definition) is 4. The molecular weight excluding hydrogens is 452 g/mol. The van der Waals surface area contributed by atoms with Gasteiger partial charge in [-0.1, -0.05) is 11.6 Å². The van der Waals surface area contributed by atoms with E-state index in [-0.39, 0.29) is 30.3 Å². The number of halogens is 1. The minimum Gasteiger partial charge on any atom is -0.358 e. The van der Waals surface area contributed by atoms with E-state index in [1.54, 1.807) is 29.2 Å². The third-order valence-electron chi connectivity index (χ3n) is 7.03. The van der Waals surface area contributed by atoms with Gasteiger partial charge < -0.3 is 15.1 Å². The van der Waals surface area contributed by atoms with Gasteiger partial charge in [0.2, 0.25) is 11.8 Å². The van der Waals surface area contributed by atoms with Crippen molar-refractivity contribution in [2.24, 2.45) is 0 Å². The number of rotatable bonds is 4. The van der Waals surface area contributed by atoms with Gasteiger partial charge in [-0.15, -0.1) is 0 Å². The Labute approximate surface area is 204 Å². The zero-order valence-electron chi connectivity index (χ0n) is 19.3. The topological polar surface area (TPSA) is 73.0 Å². The number of nitrogens with zero attached hydrogens (tertiary/aromatic N) is 3. The van der Waals surface area contributed by atoms with Crippen LogP contribution in [-0.4, -0.2) is 54.8 Å². The molecule has 3 amide bonds. The molecule has 0 aromatic heterocycles. The highest BCUT2D eigenvalue weighted by molar-refractivity contribution is 6.30. The Balaban J connectivity index is 1.45. The normalized spacial score (nSPS) is 19.6. The van der Waals surface area contributed by atoms with Crippen LogP contribution in [0, 0.1) is 6.92 Å². The Bertz CT molecular complexity index is 1140. The van der Waals surface area contributed by atoms with Gasteiger partial charge in [0.15, 0.2) is 0 Å². The van der Waals surface area contributed by atoms with Crippen molar-refractivity contribution < 1.29 is 14.4 Å². The second kappa shape index (κ2) is 9.29. The minimum atomic E-state index is -0.287. The maximum absolute atomic E-state index is 13.6. The molecule has 0 saturated carbocycles. The fourth-order valence-electron chi connectivity index (χ4n) is 5.26. The highest BCUT2D eigenvalue weighted by atomic mass is 35.5. The first-order chi connectivity index (χ1) is 16.4. The van der Waals surface area contributed by atoms with Gasteiger partial charge in [0.05, 0.1) is 11.4 Å². The van der Waals surface area contributed by atoms with Crippen molar-refractivity contribution in [3.63, 3.8) is 0 Å². The third kappa shape index (κ3) is 4.25. The van der Waals surface area contributed by atoms with Crippen molar-refractivity contribution in [2.45, 2.75) is 45.1 Å². The number of anilines is 3. The number of piperidine rings is 1. The van der Waals surface area contributed by atoms with E-state index in [0.717, 1.165) is 63.0 Å². The number of fused-ring (bicyclic) bond motifs is 3. The number of carbonyl (C=O) groups is 3. The second-order valence-electron chi connectivity index (χ2n) is 9.34. The van der Waals surface area contributed by atoms with E-state index in [1.165, 1.54) is 0 Å². The highest BCUT2D eigenvalue weighted by Crippen LogP contribution is 2.40. The molecule has 3 aliphatic heterocycles. The maximum atomic E-state index is 13.6. The van der Waals surface area contributed by atoms with Gasteiger partial charge in [0, 0.05) is 35.9 Å². The minimum absolute atomic E-state index is 0.0188. The van der Waals surface area contributed by atoms with Gasteiger partial charge in [0.25, 0.3) is 5.91 Å². The van der Waals surface area contributed by atoms with Gasteiger partial charge in [-0.25, -0.2) is 0 Å². The van der Waals surface area contributed by atoms with E-state index in [2.05, 4.69) is 10.2 Å². The van der Waals surface area contributed by atoms with Crippen LogP contribution in [-0.2, 0) is 9.59 Å². The van der Waals surface area contributed by atoms with Gasteiger partial charge in [-0.3, -0.25) is 19.3 Å². The molecule has 5 rings (SSSR count). The molecule has 2 aromatic rings. The molecule has 0 radical (unpaired) electrons. The molecule has 8 heteroatoms. The van der Waals surface area contributed by atoms with Gasteiger partial charge in [0.1, 0.15) is 12.6 Å². The van der Waals surface area contributed by atoms with E-state index in [4.69, 9.17) is 11.6 Å². The SMILES string of the molecule is Cc1cc(Cl)ccc1NC(=O)CN1C(=O)C2CCCCN2c2ccc(C(=O)N3CCCC3)cc21. The smallest absolute Gasteiger partial charge is 0.253 e. The molecule has 0 bridgehead atoms. The maximum Gasteiger partial charge on any atom is 0.253 e. The number of benzene rings is 2. The molecule has 1 unspecified atom stereocenters. The van der Waals surface area contributed by atoms with Crippen LogP contribution >= 0.6 is 11.6 Å². The molecule has 7 nitrogen and oxygen atoms in total. The van der Waals surface area contributed by atoms with Crippen LogP contribution in [0.1, 0.15) is 48.0 Å². The van der Waals surface area contributed by atoms with Crippen LogP contribution in [0.5, 0.6) is 0 Å². The first-order valence-electron chi connectivity index (χ1n) is 12.0. The Morgan fingerprint density at radius 3 is 2.53 bits per heavy atom. The molecule has 2 aromatic carbocycles. The summed E-state index contributed by atoms with van der Waals surface area (Å²) < 4.78 is 0. The summed E-state index contributed by atoms with van der Waals surface area (Å²) in [7, 11) is 0. The molecule has 0 spiro atoms. The lowest BCUT2D eigenvalue weighted by atomic mass is 9.95. The molecule has 3 heterocycles. The average molecular weight is 481 g/mol. The van der Waals surface area contributed by atoms with Crippen molar-refractivity contribution in [1.82, 2.24) is 4.90 Å².